The molecule has 2 fully saturated rings. The van der Waals surface area contributed by atoms with Gasteiger partial charge in [0.25, 0.3) is 5.91 Å². The summed E-state index contributed by atoms with van der Waals surface area (Å²) in [6, 6.07) is 5.65. The van der Waals surface area contributed by atoms with E-state index >= 15 is 0 Å². The molecule has 0 saturated carbocycles. The molecule has 2 heterocycles. The molecule has 1 amide bonds. The maximum atomic E-state index is 12.5. The van der Waals surface area contributed by atoms with E-state index in [2.05, 4.69) is 5.32 Å². The van der Waals surface area contributed by atoms with Gasteiger partial charge < -0.3 is 15.0 Å². The third kappa shape index (κ3) is 3.80. The van der Waals surface area contributed by atoms with E-state index in [0.717, 1.165) is 32.4 Å². The number of amides is 1. The number of hydrogen-bond donors (Lipinski definition) is 1. The van der Waals surface area contributed by atoms with Gasteiger partial charge in [0, 0.05) is 23.7 Å². The summed E-state index contributed by atoms with van der Waals surface area (Å²) in [5.41, 5.74) is 0. The second-order valence-corrected chi connectivity index (χ2v) is 6.39. The third-order valence-electron chi connectivity index (χ3n) is 4.19. The first-order valence-corrected chi connectivity index (χ1v) is 8.00. The molecule has 2 atom stereocenters. The molecule has 2 aliphatic heterocycles. The second kappa shape index (κ2) is 7.73. The summed E-state index contributed by atoms with van der Waals surface area (Å²) in [7, 11) is 0. The smallest absolute Gasteiger partial charge is 0.261 e. The van der Waals surface area contributed by atoms with E-state index in [1.54, 1.807) is 18.2 Å². The summed E-state index contributed by atoms with van der Waals surface area (Å²) in [6.45, 7) is 1.88. The van der Waals surface area contributed by atoms with Crippen LogP contribution in [0.25, 0.3) is 0 Å². The first-order valence-electron chi connectivity index (χ1n) is 7.25. The maximum Gasteiger partial charge on any atom is 0.261 e. The Morgan fingerprint density at radius 3 is 2.82 bits per heavy atom. The van der Waals surface area contributed by atoms with E-state index in [1.165, 1.54) is 0 Å². The minimum absolute atomic E-state index is 0. The number of carbonyl (C=O) groups is 1. The summed E-state index contributed by atoms with van der Waals surface area (Å²) in [5, 5.41) is 4.36. The van der Waals surface area contributed by atoms with Crippen molar-refractivity contribution in [2.75, 3.05) is 19.7 Å². The van der Waals surface area contributed by atoms with Crippen molar-refractivity contribution >= 4 is 41.5 Å². The summed E-state index contributed by atoms with van der Waals surface area (Å²) < 4.78 is 5.57. The van der Waals surface area contributed by atoms with E-state index in [4.69, 9.17) is 27.9 Å². The molecule has 122 valence electrons. The fraction of sp³-hybridized carbons (Fsp3) is 0.533. The molecule has 2 aliphatic rings. The quantitative estimate of drug-likeness (QED) is 0.894. The average Bonchev–Trinajstić information content (AvgIpc) is 2.71. The van der Waals surface area contributed by atoms with E-state index in [1.807, 2.05) is 4.90 Å². The molecule has 1 aromatic carbocycles. The third-order valence-corrected chi connectivity index (χ3v) is 4.72. The molecule has 0 aliphatic carbocycles. The Labute approximate surface area is 146 Å². The summed E-state index contributed by atoms with van der Waals surface area (Å²) in [6.07, 6.45) is 3.19. The van der Waals surface area contributed by atoms with Gasteiger partial charge in [0.05, 0.1) is 5.02 Å². The van der Waals surface area contributed by atoms with Gasteiger partial charge in [-0.1, -0.05) is 23.2 Å². The van der Waals surface area contributed by atoms with Crippen LogP contribution < -0.4 is 10.1 Å². The zero-order valence-corrected chi connectivity index (χ0v) is 14.4. The molecule has 4 nitrogen and oxygen atoms in total. The second-order valence-electron chi connectivity index (χ2n) is 5.54. The van der Waals surface area contributed by atoms with Crippen LogP contribution in [0.1, 0.15) is 19.3 Å². The largest absolute Gasteiger partial charge is 0.482 e. The lowest BCUT2D eigenvalue weighted by atomic mass is 10.1. The Morgan fingerprint density at radius 2 is 2.05 bits per heavy atom. The van der Waals surface area contributed by atoms with Gasteiger partial charge in [0.15, 0.2) is 6.61 Å². The number of nitrogens with one attached hydrogen (secondary N) is 1. The Kier molecular flexibility index (Phi) is 6.21. The lowest BCUT2D eigenvalue weighted by Gasteiger charge is -2.27. The van der Waals surface area contributed by atoms with Crippen LogP contribution in [-0.4, -0.2) is 42.6 Å². The van der Waals surface area contributed by atoms with Crippen molar-refractivity contribution < 1.29 is 9.53 Å². The first kappa shape index (κ1) is 17.7. The van der Waals surface area contributed by atoms with Crippen LogP contribution in [-0.2, 0) is 4.79 Å². The molecule has 2 saturated heterocycles. The van der Waals surface area contributed by atoms with Crippen molar-refractivity contribution in [3.05, 3.63) is 28.2 Å². The molecule has 22 heavy (non-hydrogen) atoms. The van der Waals surface area contributed by atoms with Gasteiger partial charge in [0.2, 0.25) is 0 Å². The molecule has 1 aromatic rings. The Hall–Kier alpha value is -0.680. The van der Waals surface area contributed by atoms with Crippen molar-refractivity contribution in [1.82, 2.24) is 10.2 Å². The van der Waals surface area contributed by atoms with Gasteiger partial charge in [-0.05, 0) is 44.0 Å². The van der Waals surface area contributed by atoms with Gasteiger partial charge >= 0.3 is 0 Å². The van der Waals surface area contributed by atoms with Crippen LogP contribution in [0.2, 0.25) is 10.0 Å². The van der Waals surface area contributed by atoms with E-state index in [0.29, 0.717) is 27.9 Å². The van der Waals surface area contributed by atoms with Crippen molar-refractivity contribution in [3.8, 4) is 5.75 Å². The Morgan fingerprint density at radius 1 is 1.27 bits per heavy atom. The topological polar surface area (TPSA) is 41.6 Å². The molecule has 0 radical (unpaired) electrons. The van der Waals surface area contributed by atoms with Crippen molar-refractivity contribution in [3.63, 3.8) is 0 Å². The predicted molar refractivity (Wildman–Crippen MR) is 90.3 cm³/mol. The highest BCUT2D eigenvalue weighted by Gasteiger charge is 2.37. The monoisotopic (exact) mass is 364 g/mol. The number of halogens is 3. The van der Waals surface area contributed by atoms with Crippen molar-refractivity contribution in [2.45, 2.75) is 31.3 Å². The molecule has 2 unspecified atom stereocenters. The molecule has 0 aromatic heterocycles. The average molecular weight is 366 g/mol. The maximum absolute atomic E-state index is 12.5. The number of hydrogen-bond acceptors (Lipinski definition) is 3. The Balaban J connectivity index is 0.00000176. The number of ether oxygens (including phenoxy) is 1. The zero-order valence-electron chi connectivity index (χ0n) is 12.1. The number of benzene rings is 1. The van der Waals surface area contributed by atoms with E-state index in [9.17, 15) is 4.79 Å². The van der Waals surface area contributed by atoms with Gasteiger partial charge in [-0.15, -0.1) is 12.4 Å². The molecule has 2 bridgehead atoms. The summed E-state index contributed by atoms with van der Waals surface area (Å²) in [5.74, 6) is 0.534. The first-order chi connectivity index (χ1) is 10.1. The Bertz CT molecular complexity index is 528. The summed E-state index contributed by atoms with van der Waals surface area (Å²) in [4.78, 5) is 14.5. The lowest BCUT2D eigenvalue weighted by molar-refractivity contribution is -0.135. The van der Waals surface area contributed by atoms with Crippen LogP contribution in [0.15, 0.2) is 18.2 Å². The fourth-order valence-electron chi connectivity index (χ4n) is 3.20. The molecule has 1 N–H and O–H groups in total. The van der Waals surface area contributed by atoms with E-state index in [-0.39, 0.29) is 24.9 Å². The number of nitrogens with zero attached hydrogens (tertiary/aromatic N) is 1. The van der Waals surface area contributed by atoms with Gasteiger partial charge in [-0.3, -0.25) is 4.79 Å². The molecular formula is C15H19Cl3N2O2. The zero-order chi connectivity index (χ0) is 14.8. The minimum atomic E-state index is 0. The van der Waals surface area contributed by atoms with Gasteiger partial charge in [0.1, 0.15) is 5.75 Å². The number of rotatable bonds is 3. The lowest BCUT2D eigenvalue weighted by Crippen LogP contribution is -2.44. The molecule has 0 spiro atoms. The molecule has 3 rings (SSSR count). The normalized spacial score (nSPS) is 23.6. The van der Waals surface area contributed by atoms with Crippen LogP contribution in [0, 0.1) is 0 Å². The van der Waals surface area contributed by atoms with Gasteiger partial charge in [-0.25, -0.2) is 0 Å². The SMILES string of the molecule is Cl.O=C(COc1ccc(Cl)cc1Cl)N1C2CCNCC1CC2. The van der Waals surface area contributed by atoms with E-state index < -0.39 is 0 Å². The highest BCUT2D eigenvalue weighted by atomic mass is 35.5. The number of carbonyl (C=O) groups excluding carboxylic acids is 1. The summed E-state index contributed by atoms with van der Waals surface area (Å²) >= 11 is 11.9. The van der Waals surface area contributed by atoms with Crippen LogP contribution in [0.3, 0.4) is 0 Å². The molecule has 7 heteroatoms. The van der Waals surface area contributed by atoms with Crippen molar-refractivity contribution in [2.24, 2.45) is 0 Å². The highest BCUT2D eigenvalue weighted by molar-refractivity contribution is 6.35. The standard InChI is InChI=1S/C15H18Cl2N2O2.ClH/c16-10-1-4-14(13(17)7-10)21-9-15(20)19-11-2-3-12(19)8-18-6-5-11;/h1,4,7,11-12,18H,2-3,5-6,8-9H2;1H. The van der Waals surface area contributed by atoms with Crippen LogP contribution in [0.5, 0.6) is 5.75 Å². The molecular weight excluding hydrogens is 347 g/mol. The van der Waals surface area contributed by atoms with Crippen molar-refractivity contribution in [1.29, 1.82) is 0 Å². The van der Waals surface area contributed by atoms with Crippen LogP contribution in [0.4, 0.5) is 0 Å². The van der Waals surface area contributed by atoms with Gasteiger partial charge in [-0.2, -0.15) is 0 Å². The number of fused-ring (bicyclic) bond motifs is 2. The fourth-order valence-corrected chi connectivity index (χ4v) is 3.66. The predicted octanol–water partition coefficient (Wildman–Crippen LogP) is 3.15. The highest BCUT2D eigenvalue weighted by Crippen LogP contribution is 2.30. The minimum Gasteiger partial charge on any atom is -0.482 e. The van der Waals surface area contributed by atoms with Crippen LogP contribution >= 0.6 is 35.6 Å².